The molecular formula is C18H16ClNO4. The van der Waals surface area contributed by atoms with Crippen molar-refractivity contribution in [2.24, 2.45) is 0 Å². The summed E-state index contributed by atoms with van der Waals surface area (Å²) < 4.78 is 5.10. The molecule has 2 aromatic carbocycles. The summed E-state index contributed by atoms with van der Waals surface area (Å²) in [5, 5.41) is 11.4. The van der Waals surface area contributed by atoms with Crippen molar-refractivity contribution in [3.05, 3.63) is 58.6 Å². The van der Waals surface area contributed by atoms with Crippen LogP contribution >= 0.6 is 11.6 Å². The molecule has 1 amide bonds. The molecule has 1 aliphatic heterocycles. The number of carbonyl (C=O) groups is 2. The lowest BCUT2D eigenvalue weighted by Crippen LogP contribution is -2.40. The Morgan fingerprint density at radius 2 is 2.04 bits per heavy atom. The van der Waals surface area contributed by atoms with E-state index in [0.29, 0.717) is 27.6 Å². The SMILES string of the molecule is COc1cccc(C(=O)C[C@@]2(O)C(=O)N(C)c3ccc(Cl)cc32)c1. The van der Waals surface area contributed by atoms with E-state index in [1.807, 2.05) is 0 Å². The van der Waals surface area contributed by atoms with E-state index in [0.717, 1.165) is 0 Å². The van der Waals surface area contributed by atoms with Crippen molar-refractivity contribution in [2.45, 2.75) is 12.0 Å². The molecule has 0 saturated heterocycles. The number of amides is 1. The van der Waals surface area contributed by atoms with E-state index in [-0.39, 0.29) is 12.2 Å². The van der Waals surface area contributed by atoms with Gasteiger partial charge in [-0.1, -0.05) is 23.7 Å². The van der Waals surface area contributed by atoms with Gasteiger partial charge in [0.1, 0.15) is 5.75 Å². The summed E-state index contributed by atoms with van der Waals surface area (Å²) in [5.41, 5.74) is -0.660. The molecule has 0 unspecified atom stereocenters. The number of fused-ring (bicyclic) bond motifs is 1. The van der Waals surface area contributed by atoms with Crippen molar-refractivity contribution in [1.82, 2.24) is 0 Å². The smallest absolute Gasteiger partial charge is 0.263 e. The van der Waals surface area contributed by atoms with E-state index in [4.69, 9.17) is 16.3 Å². The van der Waals surface area contributed by atoms with Crippen LogP contribution in [-0.4, -0.2) is 31.0 Å². The predicted octanol–water partition coefficient (Wildman–Crippen LogP) is 2.79. The summed E-state index contributed by atoms with van der Waals surface area (Å²) >= 11 is 6.00. The first kappa shape index (κ1) is 16.5. The number of methoxy groups -OCH3 is 1. The zero-order valence-corrected chi connectivity index (χ0v) is 14.0. The van der Waals surface area contributed by atoms with Gasteiger partial charge in [-0.15, -0.1) is 0 Å². The number of aliphatic hydroxyl groups is 1. The minimum atomic E-state index is -1.92. The number of rotatable bonds is 4. The Morgan fingerprint density at radius 1 is 1.29 bits per heavy atom. The maximum Gasteiger partial charge on any atom is 0.263 e. The van der Waals surface area contributed by atoms with Gasteiger partial charge >= 0.3 is 0 Å². The largest absolute Gasteiger partial charge is 0.497 e. The van der Waals surface area contributed by atoms with Crippen LogP contribution in [0.1, 0.15) is 22.3 Å². The fraction of sp³-hybridized carbons (Fsp3) is 0.222. The van der Waals surface area contributed by atoms with E-state index >= 15 is 0 Å². The molecule has 1 aliphatic rings. The van der Waals surface area contributed by atoms with Crippen molar-refractivity contribution in [3.8, 4) is 5.75 Å². The van der Waals surface area contributed by atoms with Gasteiger partial charge in [0.25, 0.3) is 5.91 Å². The van der Waals surface area contributed by atoms with Gasteiger partial charge in [-0.25, -0.2) is 0 Å². The van der Waals surface area contributed by atoms with Gasteiger partial charge in [0, 0.05) is 23.2 Å². The second-order valence-corrected chi connectivity index (χ2v) is 6.15. The molecule has 0 bridgehead atoms. The van der Waals surface area contributed by atoms with Crippen LogP contribution in [0.2, 0.25) is 5.02 Å². The minimum absolute atomic E-state index is 0.346. The molecule has 3 rings (SSSR count). The molecule has 2 aromatic rings. The van der Waals surface area contributed by atoms with Gasteiger partial charge in [-0.05, 0) is 30.3 Å². The number of hydrogen-bond donors (Lipinski definition) is 1. The summed E-state index contributed by atoms with van der Waals surface area (Å²) in [7, 11) is 3.06. The predicted molar refractivity (Wildman–Crippen MR) is 90.7 cm³/mol. The third-order valence-electron chi connectivity index (χ3n) is 4.23. The lowest BCUT2D eigenvalue weighted by Gasteiger charge is -2.21. The lowest BCUT2D eigenvalue weighted by atomic mass is 9.88. The van der Waals surface area contributed by atoms with E-state index in [2.05, 4.69) is 0 Å². The highest BCUT2D eigenvalue weighted by Crippen LogP contribution is 2.43. The van der Waals surface area contributed by atoms with Gasteiger partial charge in [-0.2, -0.15) is 0 Å². The standard InChI is InChI=1S/C18H16ClNO4/c1-20-15-7-6-12(19)9-14(15)18(23,17(20)22)10-16(21)11-4-3-5-13(8-11)24-2/h3-9,23H,10H2,1-2H3/t18-/m0/s1. The van der Waals surface area contributed by atoms with Crippen LogP contribution in [0.4, 0.5) is 5.69 Å². The van der Waals surface area contributed by atoms with Crippen LogP contribution in [0.3, 0.4) is 0 Å². The normalized spacial score (nSPS) is 19.3. The summed E-state index contributed by atoms with van der Waals surface area (Å²) in [6.07, 6.45) is -0.364. The van der Waals surface area contributed by atoms with Crippen LogP contribution < -0.4 is 9.64 Å². The zero-order valence-electron chi connectivity index (χ0n) is 13.2. The Morgan fingerprint density at radius 3 is 2.75 bits per heavy atom. The second-order valence-electron chi connectivity index (χ2n) is 5.72. The molecule has 6 heteroatoms. The molecule has 1 atom stereocenters. The third-order valence-corrected chi connectivity index (χ3v) is 4.47. The number of ketones is 1. The zero-order chi connectivity index (χ0) is 17.5. The first-order valence-electron chi connectivity index (χ1n) is 7.34. The average molecular weight is 346 g/mol. The van der Waals surface area contributed by atoms with Crippen molar-refractivity contribution < 1.29 is 19.4 Å². The van der Waals surface area contributed by atoms with Gasteiger partial charge in [-0.3, -0.25) is 9.59 Å². The molecule has 124 valence electrons. The maximum atomic E-state index is 12.6. The number of benzene rings is 2. The van der Waals surface area contributed by atoms with Crippen LogP contribution in [0.15, 0.2) is 42.5 Å². The molecule has 0 aliphatic carbocycles. The molecule has 0 saturated carbocycles. The van der Waals surface area contributed by atoms with E-state index in [1.165, 1.54) is 18.1 Å². The minimum Gasteiger partial charge on any atom is -0.497 e. The van der Waals surface area contributed by atoms with E-state index in [9.17, 15) is 14.7 Å². The van der Waals surface area contributed by atoms with Crippen LogP contribution in [0.5, 0.6) is 5.75 Å². The average Bonchev–Trinajstić information content (AvgIpc) is 2.76. The van der Waals surface area contributed by atoms with Crippen molar-refractivity contribution in [1.29, 1.82) is 0 Å². The third kappa shape index (κ3) is 2.56. The first-order chi connectivity index (χ1) is 11.4. The number of halogens is 1. The summed E-state index contributed by atoms with van der Waals surface area (Å²) in [4.78, 5) is 26.5. The molecule has 0 fully saturated rings. The highest BCUT2D eigenvalue weighted by molar-refractivity contribution is 6.31. The molecule has 0 radical (unpaired) electrons. The number of carbonyl (C=O) groups excluding carboxylic acids is 2. The monoisotopic (exact) mass is 345 g/mol. The first-order valence-corrected chi connectivity index (χ1v) is 7.72. The van der Waals surface area contributed by atoms with Gasteiger partial charge in [0.15, 0.2) is 11.4 Å². The quantitative estimate of drug-likeness (QED) is 0.865. The molecule has 24 heavy (non-hydrogen) atoms. The molecule has 5 nitrogen and oxygen atoms in total. The summed E-state index contributed by atoms with van der Waals surface area (Å²) in [6, 6.07) is 11.4. The second kappa shape index (κ2) is 5.92. The Bertz CT molecular complexity index is 836. The Labute approximate surface area is 144 Å². The molecule has 1 heterocycles. The number of anilines is 1. The van der Waals surface area contributed by atoms with E-state index in [1.54, 1.807) is 43.4 Å². The lowest BCUT2D eigenvalue weighted by molar-refractivity contribution is -0.135. The highest BCUT2D eigenvalue weighted by atomic mass is 35.5. The maximum absolute atomic E-state index is 12.6. The van der Waals surface area contributed by atoms with Gasteiger partial charge < -0.3 is 14.7 Å². The number of Topliss-reactive ketones (excluding diaryl/α,β-unsaturated/α-hetero) is 1. The van der Waals surface area contributed by atoms with Gasteiger partial charge in [0.05, 0.1) is 19.2 Å². The van der Waals surface area contributed by atoms with Crippen molar-refractivity contribution in [3.63, 3.8) is 0 Å². The fourth-order valence-corrected chi connectivity index (χ4v) is 3.11. The summed E-state index contributed by atoms with van der Waals surface area (Å²) in [5.74, 6) is -0.367. The van der Waals surface area contributed by atoms with Crippen LogP contribution in [-0.2, 0) is 10.4 Å². The molecule has 0 spiro atoms. The Balaban J connectivity index is 1.98. The molecule has 0 aromatic heterocycles. The van der Waals surface area contributed by atoms with Crippen molar-refractivity contribution in [2.75, 3.05) is 19.1 Å². The van der Waals surface area contributed by atoms with Crippen molar-refractivity contribution >= 4 is 29.0 Å². The van der Waals surface area contributed by atoms with Crippen LogP contribution in [0, 0.1) is 0 Å². The Kier molecular flexibility index (Phi) is 4.07. The summed E-state index contributed by atoms with van der Waals surface area (Å²) in [6.45, 7) is 0. The molecule has 1 N–H and O–H groups in total. The highest BCUT2D eigenvalue weighted by Gasteiger charge is 2.49. The topological polar surface area (TPSA) is 66.8 Å². The number of nitrogens with zero attached hydrogens (tertiary/aromatic N) is 1. The fourth-order valence-electron chi connectivity index (χ4n) is 2.94. The van der Waals surface area contributed by atoms with Crippen LogP contribution in [0.25, 0.3) is 0 Å². The molecular weight excluding hydrogens is 330 g/mol. The van der Waals surface area contributed by atoms with Gasteiger partial charge in [0.2, 0.25) is 0 Å². The Hall–Kier alpha value is -2.37. The number of ether oxygens (including phenoxy) is 1. The number of likely N-dealkylation sites (N-methyl/N-ethyl adjacent to an activating group) is 1. The van der Waals surface area contributed by atoms with E-state index < -0.39 is 11.5 Å². The number of hydrogen-bond acceptors (Lipinski definition) is 4.